The van der Waals surface area contributed by atoms with Gasteiger partial charge in [-0.15, -0.1) is 0 Å². The number of carboxylic acid groups (broad SMARTS) is 1. The maximum absolute atomic E-state index is 12.7. The van der Waals surface area contributed by atoms with E-state index in [1.165, 1.54) is 19.3 Å². The summed E-state index contributed by atoms with van der Waals surface area (Å²) < 4.78 is 5.88. The maximum Gasteiger partial charge on any atom is 0.322 e. The van der Waals surface area contributed by atoms with Crippen molar-refractivity contribution in [3.05, 3.63) is 122 Å². The van der Waals surface area contributed by atoms with Gasteiger partial charge in [-0.2, -0.15) is 0 Å². The SMILES string of the molecule is CC/C=C\C/C=C\C/C=C\C/C=C\C/C=C\C/C=C\C/C=C\CCCC(=O)OC(/C=C\C/C=C\C/C=C\CCCCC)CCCCCCCC(=O)NCC(=O)O. The van der Waals surface area contributed by atoms with Crippen molar-refractivity contribution in [3.63, 3.8) is 0 Å². The van der Waals surface area contributed by atoms with Crippen molar-refractivity contribution >= 4 is 17.8 Å². The monoisotopic (exact) mass is 772 g/mol. The summed E-state index contributed by atoms with van der Waals surface area (Å²) in [5, 5.41) is 11.1. The molecule has 0 heterocycles. The van der Waals surface area contributed by atoms with Crippen LogP contribution in [0.1, 0.15) is 162 Å². The molecule has 0 bridgehead atoms. The van der Waals surface area contributed by atoms with Gasteiger partial charge >= 0.3 is 11.9 Å². The summed E-state index contributed by atoms with van der Waals surface area (Å²) >= 11 is 0. The first kappa shape index (κ1) is 51.8. The van der Waals surface area contributed by atoms with Gasteiger partial charge < -0.3 is 15.2 Å². The molecule has 0 aromatic carbocycles. The Morgan fingerprint density at radius 3 is 1.45 bits per heavy atom. The van der Waals surface area contributed by atoms with Gasteiger partial charge in [0.15, 0.2) is 0 Å². The van der Waals surface area contributed by atoms with E-state index in [9.17, 15) is 14.4 Å². The second-order valence-corrected chi connectivity index (χ2v) is 13.9. The van der Waals surface area contributed by atoms with Crippen LogP contribution in [-0.2, 0) is 19.1 Å². The van der Waals surface area contributed by atoms with E-state index in [2.05, 4.69) is 135 Å². The largest absolute Gasteiger partial charge is 0.480 e. The molecule has 0 aliphatic heterocycles. The molecular weight excluding hydrogens is 695 g/mol. The molecule has 1 unspecified atom stereocenters. The number of allylic oxidation sites excluding steroid dienone is 19. The van der Waals surface area contributed by atoms with E-state index >= 15 is 0 Å². The van der Waals surface area contributed by atoms with Crippen molar-refractivity contribution < 1.29 is 24.2 Å². The highest BCUT2D eigenvalue weighted by molar-refractivity contribution is 5.80. The Kier molecular flexibility index (Phi) is 40.3. The van der Waals surface area contributed by atoms with E-state index in [0.717, 1.165) is 116 Å². The molecule has 0 fully saturated rings. The Labute approximate surface area is 342 Å². The third-order valence-corrected chi connectivity index (χ3v) is 8.60. The number of ether oxygens (including phenoxy) is 1. The predicted octanol–water partition coefficient (Wildman–Crippen LogP) is 13.7. The van der Waals surface area contributed by atoms with Gasteiger partial charge in [0.2, 0.25) is 5.91 Å². The molecule has 0 aromatic heterocycles. The fourth-order valence-electron chi connectivity index (χ4n) is 5.43. The summed E-state index contributed by atoms with van der Waals surface area (Å²) in [4.78, 5) is 35.0. The van der Waals surface area contributed by atoms with Crippen LogP contribution in [0.15, 0.2) is 122 Å². The smallest absolute Gasteiger partial charge is 0.322 e. The first-order valence-electron chi connectivity index (χ1n) is 21.7. The minimum Gasteiger partial charge on any atom is -0.480 e. The number of carbonyl (C=O) groups is 3. The molecule has 6 heteroatoms. The number of esters is 1. The Morgan fingerprint density at radius 1 is 0.500 bits per heavy atom. The molecule has 0 saturated carbocycles. The molecule has 1 atom stereocenters. The van der Waals surface area contributed by atoms with Crippen molar-refractivity contribution in [2.45, 2.75) is 168 Å². The Hall–Kier alpha value is -4.19. The highest BCUT2D eigenvalue weighted by atomic mass is 16.5. The molecule has 0 radical (unpaired) electrons. The van der Waals surface area contributed by atoms with E-state index in [1.807, 2.05) is 6.08 Å². The summed E-state index contributed by atoms with van der Waals surface area (Å²) in [7, 11) is 0. The van der Waals surface area contributed by atoms with Gasteiger partial charge in [0.25, 0.3) is 0 Å². The van der Waals surface area contributed by atoms with E-state index in [1.54, 1.807) is 0 Å². The molecule has 1 amide bonds. The summed E-state index contributed by atoms with van der Waals surface area (Å²) in [5.41, 5.74) is 0. The number of nitrogens with one attached hydrogen (secondary N) is 1. The third-order valence-electron chi connectivity index (χ3n) is 8.60. The second kappa shape index (κ2) is 43.5. The Bertz CT molecular complexity index is 1260. The quantitative estimate of drug-likeness (QED) is 0.0373. The molecule has 0 saturated heterocycles. The number of amides is 1. The van der Waals surface area contributed by atoms with Crippen molar-refractivity contribution in [2.24, 2.45) is 0 Å². The minimum atomic E-state index is -1.03. The summed E-state index contributed by atoms with van der Waals surface area (Å²) in [5.74, 6) is -1.41. The fraction of sp³-hybridized carbons (Fsp3) is 0.540. The van der Waals surface area contributed by atoms with Gasteiger partial charge in [0.05, 0.1) is 0 Å². The van der Waals surface area contributed by atoms with Crippen LogP contribution in [0.5, 0.6) is 0 Å². The fourth-order valence-corrected chi connectivity index (χ4v) is 5.43. The number of carboxylic acids is 1. The lowest BCUT2D eigenvalue weighted by atomic mass is 10.1. The molecule has 0 rings (SSSR count). The number of carbonyl (C=O) groups excluding carboxylic acids is 2. The van der Waals surface area contributed by atoms with Gasteiger partial charge in [-0.1, -0.05) is 161 Å². The lowest BCUT2D eigenvalue weighted by molar-refractivity contribution is -0.147. The molecule has 56 heavy (non-hydrogen) atoms. The van der Waals surface area contributed by atoms with E-state index in [4.69, 9.17) is 9.84 Å². The van der Waals surface area contributed by atoms with Gasteiger partial charge in [-0.05, 0) is 109 Å². The van der Waals surface area contributed by atoms with Crippen LogP contribution in [0, 0.1) is 0 Å². The summed E-state index contributed by atoms with van der Waals surface area (Å²) in [6, 6.07) is 0. The van der Waals surface area contributed by atoms with Gasteiger partial charge in [0.1, 0.15) is 12.6 Å². The molecule has 6 nitrogen and oxygen atoms in total. The molecule has 0 aliphatic carbocycles. The molecule has 0 aliphatic rings. The standard InChI is InChI=1S/C50H77NO5/c1-3-5-7-9-11-13-15-16-17-18-19-20-21-22-23-24-25-26-28-30-32-37-41-45-50(55)56-47(42-38-34-31-29-27-14-12-10-8-6-4-2)43-39-35-33-36-40-44-48(52)51-46-49(53)54/h5,7,11-14,16-17,19-20,22-23,25-26,29-32,38,42,47H,3-4,6,8-10,15,18,21,24,27-28,33-37,39-41,43-46H2,1-2H3,(H,51,52)(H,53,54)/b7-5-,13-11-,14-12-,17-16-,20-19-,23-22-,26-25-,31-29-,32-30-,42-38-. The highest BCUT2D eigenvalue weighted by Crippen LogP contribution is 2.14. The molecular formula is C50H77NO5. The first-order valence-corrected chi connectivity index (χ1v) is 21.7. The van der Waals surface area contributed by atoms with E-state index < -0.39 is 5.97 Å². The summed E-state index contributed by atoms with van der Waals surface area (Å²) in [6.45, 7) is 4.04. The van der Waals surface area contributed by atoms with Crippen LogP contribution in [0.3, 0.4) is 0 Å². The van der Waals surface area contributed by atoms with Crippen LogP contribution in [-0.4, -0.2) is 35.6 Å². The van der Waals surface area contributed by atoms with E-state index in [-0.39, 0.29) is 24.5 Å². The Morgan fingerprint density at radius 2 is 0.946 bits per heavy atom. The average molecular weight is 772 g/mol. The van der Waals surface area contributed by atoms with E-state index in [0.29, 0.717) is 12.8 Å². The van der Waals surface area contributed by atoms with Crippen LogP contribution >= 0.6 is 0 Å². The highest BCUT2D eigenvalue weighted by Gasteiger charge is 2.11. The van der Waals surface area contributed by atoms with Crippen LogP contribution in [0.2, 0.25) is 0 Å². The van der Waals surface area contributed by atoms with Crippen molar-refractivity contribution in [1.82, 2.24) is 5.32 Å². The van der Waals surface area contributed by atoms with Crippen molar-refractivity contribution in [3.8, 4) is 0 Å². The first-order chi connectivity index (χ1) is 27.5. The molecule has 312 valence electrons. The molecule has 0 spiro atoms. The third kappa shape index (κ3) is 42.6. The number of aliphatic carboxylic acids is 1. The topological polar surface area (TPSA) is 92.7 Å². The molecule has 0 aromatic rings. The van der Waals surface area contributed by atoms with Crippen LogP contribution in [0.4, 0.5) is 0 Å². The van der Waals surface area contributed by atoms with Gasteiger partial charge in [-0.25, -0.2) is 0 Å². The number of rotatable bonds is 37. The van der Waals surface area contributed by atoms with Crippen molar-refractivity contribution in [2.75, 3.05) is 6.54 Å². The lowest BCUT2D eigenvalue weighted by Crippen LogP contribution is -2.28. The second-order valence-electron chi connectivity index (χ2n) is 13.9. The predicted molar refractivity (Wildman–Crippen MR) is 239 cm³/mol. The average Bonchev–Trinajstić information content (AvgIpc) is 3.18. The number of hydrogen-bond donors (Lipinski definition) is 2. The molecule has 2 N–H and O–H groups in total. The lowest BCUT2D eigenvalue weighted by Gasteiger charge is -2.14. The Balaban J connectivity index is 4.37. The zero-order valence-electron chi connectivity index (χ0n) is 35.2. The minimum absolute atomic E-state index is 0.152. The van der Waals surface area contributed by atoms with Crippen LogP contribution < -0.4 is 5.32 Å². The maximum atomic E-state index is 12.7. The summed E-state index contributed by atoms with van der Waals surface area (Å²) in [6.07, 6.45) is 64.8. The van der Waals surface area contributed by atoms with Crippen molar-refractivity contribution in [1.29, 1.82) is 0 Å². The van der Waals surface area contributed by atoms with Gasteiger partial charge in [-0.3, -0.25) is 14.4 Å². The normalized spacial score (nSPS) is 13.3. The van der Waals surface area contributed by atoms with Crippen LogP contribution in [0.25, 0.3) is 0 Å². The zero-order valence-corrected chi connectivity index (χ0v) is 35.2. The zero-order chi connectivity index (χ0) is 40.8. The van der Waals surface area contributed by atoms with Gasteiger partial charge in [0, 0.05) is 12.8 Å². The number of unbranched alkanes of at least 4 members (excludes halogenated alkanes) is 8. The number of hydrogen-bond acceptors (Lipinski definition) is 4.